The van der Waals surface area contributed by atoms with Gasteiger partial charge in [-0.2, -0.15) is 0 Å². The molecule has 0 N–H and O–H groups in total. The zero-order valence-corrected chi connectivity index (χ0v) is 8.51. The van der Waals surface area contributed by atoms with Crippen LogP contribution in [0.25, 0.3) is 0 Å². The predicted octanol–water partition coefficient (Wildman–Crippen LogP) is -2.52. The summed E-state index contributed by atoms with van der Waals surface area (Å²) in [4.78, 5) is 0. The van der Waals surface area contributed by atoms with Gasteiger partial charge in [0.15, 0.2) is 0 Å². The molecule has 0 atom stereocenters. The quantitative estimate of drug-likeness (QED) is 0.386. The third-order valence-corrected chi connectivity index (χ3v) is 1.31. The minimum absolute atomic E-state index is 0. The first-order valence-corrected chi connectivity index (χ1v) is 2.97. The van der Waals surface area contributed by atoms with Gasteiger partial charge < -0.3 is 0 Å². The van der Waals surface area contributed by atoms with Gasteiger partial charge in [0.1, 0.15) is 0 Å². The molecule has 8 heavy (non-hydrogen) atoms. The van der Waals surface area contributed by atoms with Crippen LogP contribution in [0.1, 0.15) is 0 Å². The molecule has 2 heteroatoms. The second-order valence-electron chi connectivity index (χ2n) is 1.31. The van der Waals surface area contributed by atoms with Gasteiger partial charge >= 0.3 is 80.4 Å². The molecule has 1 aromatic carbocycles. The van der Waals surface area contributed by atoms with Gasteiger partial charge in [-0.1, -0.05) is 0 Å². The van der Waals surface area contributed by atoms with Crippen LogP contribution in [0.5, 0.6) is 0 Å². The summed E-state index contributed by atoms with van der Waals surface area (Å²) in [6.45, 7) is 0. The Bertz CT molecular complexity index is 138. The van der Waals surface area contributed by atoms with Gasteiger partial charge in [0, 0.05) is 0 Å². The molecule has 0 saturated heterocycles. The normalized spacial score (nSPS) is 7.50. The van der Waals surface area contributed by atoms with Gasteiger partial charge in [-0.25, -0.2) is 0 Å². The van der Waals surface area contributed by atoms with Crippen molar-refractivity contribution < 1.29 is 29.6 Å². The van der Waals surface area contributed by atoms with E-state index in [2.05, 4.69) is 16.0 Å². The summed E-state index contributed by atoms with van der Waals surface area (Å²) in [5.74, 6) is 0. The van der Waals surface area contributed by atoms with Crippen molar-refractivity contribution in [3.05, 3.63) is 30.3 Å². The van der Waals surface area contributed by atoms with Crippen molar-refractivity contribution in [2.24, 2.45) is 0 Å². The number of hydrogen-bond acceptors (Lipinski definition) is 0. The molecule has 0 spiro atoms. The minimum atomic E-state index is 0. The van der Waals surface area contributed by atoms with Crippen LogP contribution in [0.4, 0.5) is 0 Å². The standard InChI is InChI=1S/C6H5Se.Na/c7-6-4-2-1-3-5-6;/h1-5H;/q;+1. The molecule has 1 rings (SSSR count). The predicted molar refractivity (Wildman–Crippen MR) is 31.8 cm³/mol. The summed E-state index contributed by atoms with van der Waals surface area (Å²) in [5.41, 5.74) is 0. The van der Waals surface area contributed by atoms with Crippen LogP contribution in [0, 0.1) is 0 Å². The van der Waals surface area contributed by atoms with Crippen molar-refractivity contribution in [1.29, 1.82) is 0 Å². The Morgan fingerprint density at radius 1 is 1.00 bits per heavy atom. The third kappa shape index (κ3) is 2.91. The fraction of sp³-hybridized carbons (Fsp3) is 0. The molecule has 0 aromatic heterocycles. The summed E-state index contributed by atoms with van der Waals surface area (Å²) in [6, 6.07) is 10.1. The van der Waals surface area contributed by atoms with Crippen LogP contribution in [-0.4, -0.2) is 16.0 Å². The van der Waals surface area contributed by atoms with Crippen LogP contribution in [0.2, 0.25) is 0 Å². The molecular weight excluding hydrogens is 174 g/mol. The van der Waals surface area contributed by atoms with E-state index in [1.807, 2.05) is 30.3 Å². The van der Waals surface area contributed by atoms with Crippen LogP contribution in [0.15, 0.2) is 30.3 Å². The van der Waals surface area contributed by atoms with Gasteiger partial charge in [0.2, 0.25) is 0 Å². The fourth-order valence-electron chi connectivity index (χ4n) is 0.420. The van der Waals surface area contributed by atoms with Gasteiger partial charge in [-0.15, -0.1) is 0 Å². The van der Waals surface area contributed by atoms with E-state index in [0.29, 0.717) is 0 Å². The fourth-order valence-corrected chi connectivity index (χ4v) is 0.750. The second-order valence-corrected chi connectivity index (χ2v) is 2.30. The van der Waals surface area contributed by atoms with E-state index < -0.39 is 0 Å². The molecular formula is C6H5NaSe+. The second kappa shape index (κ2) is 4.60. The molecule has 0 bridgehead atoms. The Balaban J connectivity index is 0.000000490. The average Bonchev–Trinajstić information content (AvgIpc) is 1.69. The Labute approximate surface area is 79.8 Å². The van der Waals surface area contributed by atoms with Crippen molar-refractivity contribution >= 4 is 20.5 Å². The molecule has 0 aliphatic rings. The summed E-state index contributed by atoms with van der Waals surface area (Å²) < 4.78 is 1.20. The molecule has 0 amide bonds. The maximum absolute atomic E-state index is 2.90. The van der Waals surface area contributed by atoms with E-state index in [4.69, 9.17) is 0 Å². The molecule has 35 valence electrons. The van der Waals surface area contributed by atoms with Gasteiger partial charge in [0.25, 0.3) is 0 Å². The monoisotopic (exact) mass is 180 g/mol. The summed E-state index contributed by atoms with van der Waals surface area (Å²) >= 11 is 2.90. The van der Waals surface area contributed by atoms with Crippen molar-refractivity contribution in [3.63, 3.8) is 0 Å². The molecule has 0 nitrogen and oxygen atoms in total. The van der Waals surface area contributed by atoms with Gasteiger partial charge in [0.05, 0.1) is 0 Å². The number of benzene rings is 1. The molecule has 1 radical (unpaired) electrons. The van der Waals surface area contributed by atoms with E-state index in [-0.39, 0.29) is 29.6 Å². The van der Waals surface area contributed by atoms with Crippen LogP contribution < -0.4 is 34.0 Å². The van der Waals surface area contributed by atoms with Crippen LogP contribution in [-0.2, 0) is 0 Å². The Kier molecular flexibility index (Phi) is 5.03. The van der Waals surface area contributed by atoms with Crippen molar-refractivity contribution in [2.75, 3.05) is 0 Å². The first-order chi connectivity index (χ1) is 3.39. The Hall–Kier alpha value is 0.739. The van der Waals surface area contributed by atoms with Crippen molar-refractivity contribution in [1.82, 2.24) is 0 Å². The number of hydrogen-bond donors (Lipinski definition) is 0. The molecule has 0 aliphatic carbocycles. The molecule has 0 unspecified atom stereocenters. The van der Waals surface area contributed by atoms with Crippen LogP contribution in [0.3, 0.4) is 0 Å². The Morgan fingerprint density at radius 3 is 1.75 bits per heavy atom. The van der Waals surface area contributed by atoms with E-state index in [9.17, 15) is 0 Å². The van der Waals surface area contributed by atoms with Gasteiger partial charge in [-0.05, 0) is 0 Å². The molecule has 1 aromatic rings. The van der Waals surface area contributed by atoms with E-state index in [0.717, 1.165) is 0 Å². The third-order valence-electron chi connectivity index (χ3n) is 0.743. The summed E-state index contributed by atoms with van der Waals surface area (Å²) in [6.07, 6.45) is 0. The van der Waals surface area contributed by atoms with Crippen molar-refractivity contribution in [3.8, 4) is 0 Å². The van der Waals surface area contributed by atoms with Crippen LogP contribution >= 0.6 is 0 Å². The topological polar surface area (TPSA) is 0 Å². The van der Waals surface area contributed by atoms with Gasteiger partial charge in [-0.3, -0.25) is 0 Å². The van der Waals surface area contributed by atoms with E-state index in [1.54, 1.807) is 0 Å². The molecule has 0 saturated carbocycles. The summed E-state index contributed by atoms with van der Waals surface area (Å²) in [5, 5.41) is 0. The summed E-state index contributed by atoms with van der Waals surface area (Å²) in [7, 11) is 0. The number of rotatable bonds is 0. The first-order valence-electron chi connectivity index (χ1n) is 2.11. The molecule has 0 fully saturated rings. The SMILES string of the molecule is [Na+].[Se]c1ccccc1. The van der Waals surface area contributed by atoms with E-state index >= 15 is 0 Å². The van der Waals surface area contributed by atoms with E-state index in [1.165, 1.54) is 4.46 Å². The zero-order valence-electron chi connectivity index (χ0n) is 4.79. The first kappa shape index (κ1) is 8.74. The zero-order chi connectivity index (χ0) is 5.11. The molecule has 0 heterocycles. The maximum atomic E-state index is 2.90. The molecule has 0 aliphatic heterocycles. The Morgan fingerprint density at radius 2 is 1.50 bits per heavy atom. The van der Waals surface area contributed by atoms with Crippen molar-refractivity contribution in [2.45, 2.75) is 0 Å². The average molecular weight is 179 g/mol.